The van der Waals surface area contributed by atoms with E-state index in [1.165, 1.54) is 0 Å². The third-order valence-electron chi connectivity index (χ3n) is 4.27. The summed E-state index contributed by atoms with van der Waals surface area (Å²) in [6.45, 7) is 1.83. The number of fused-ring (bicyclic) bond motifs is 1. The van der Waals surface area contributed by atoms with Crippen molar-refractivity contribution in [2.75, 3.05) is 40.3 Å². The fourth-order valence-electron chi connectivity index (χ4n) is 2.74. The Balaban J connectivity index is 1.54. The predicted octanol–water partition coefficient (Wildman–Crippen LogP) is 1.29. The molecule has 0 saturated carbocycles. The minimum absolute atomic E-state index is 0.0637. The summed E-state index contributed by atoms with van der Waals surface area (Å²) in [6, 6.07) is 9.16. The number of ether oxygens (including phenoxy) is 2. The maximum Gasteiger partial charge on any atom is 0.414 e. The summed E-state index contributed by atoms with van der Waals surface area (Å²) in [6.07, 6.45) is -0.0980. The summed E-state index contributed by atoms with van der Waals surface area (Å²) in [5, 5.41) is 6.48. The van der Waals surface area contributed by atoms with Crippen molar-refractivity contribution >= 4 is 12.0 Å². The molecule has 2 heterocycles. The van der Waals surface area contributed by atoms with E-state index in [0.29, 0.717) is 43.1 Å². The Morgan fingerprint density at radius 1 is 1.29 bits per heavy atom. The highest BCUT2D eigenvalue weighted by molar-refractivity contribution is 5.78. The fourth-order valence-corrected chi connectivity index (χ4v) is 2.74. The number of hydrogen-bond acceptors (Lipinski definition) is 7. The normalized spacial score (nSPS) is 13.2. The maximum absolute atomic E-state index is 12.5. The summed E-state index contributed by atoms with van der Waals surface area (Å²) in [5.74, 6) is 1.21. The molecule has 1 aliphatic heterocycles. The molecule has 0 aliphatic carbocycles. The van der Waals surface area contributed by atoms with Gasteiger partial charge in [0.1, 0.15) is 11.5 Å². The van der Waals surface area contributed by atoms with E-state index in [0.717, 1.165) is 0 Å². The van der Waals surface area contributed by atoms with E-state index < -0.39 is 6.09 Å². The molecule has 0 unspecified atom stereocenters. The third-order valence-corrected chi connectivity index (χ3v) is 4.27. The molecule has 0 atom stereocenters. The van der Waals surface area contributed by atoms with Gasteiger partial charge in [0, 0.05) is 26.1 Å². The molecule has 1 aromatic carbocycles. The van der Waals surface area contributed by atoms with Crippen molar-refractivity contribution in [2.24, 2.45) is 0 Å². The van der Waals surface area contributed by atoms with Gasteiger partial charge in [-0.15, -0.1) is 0 Å². The SMILES string of the molecule is CN(C)CCNC(=O)Oc1noc2c1CN(C(=O)COc1ccccc1)CC2. The minimum Gasteiger partial charge on any atom is -0.484 e. The van der Waals surface area contributed by atoms with Gasteiger partial charge in [0.2, 0.25) is 0 Å². The predicted molar refractivity (Wildman–Crippen MR) is 100 cm³/mol. The van der Waals surface area contributed by atoms with Crippen LogP contribution in [0.2, 0.25) is 0 Å². The molecule has 150 valence electrons. The number of benzene rings is 1. The molecule has 0 fully saturated rings. The van der Waals surface area contributed by atoms with Crippen LogP contribution >= 0.6 is 0 Å². The first-order chi connectivity index (χ1) is 13.5. The Hall–Kier alpha value is -3.07. The van der Waals surface area contributed by atoms with E-state index in [1.807, 2.05) is 37.2 Å². The highest BCUT2D eigenvalue weighted by Gasteiger charge is 2.29. The van der Waals surface area contributed by atoms with Crippen LogP contribution in [-0.4, -0.2) is 67.3 Å². The van der Waals surface area contributed by atoms with Gasteiger partial charge in [-0.2, -0.15) is 0 Å². The van der Waals surface area contributed by atoms with E-state index in [2.05, 4.69) is 10.5 Å². The number of nitrogens with one attached hydrogen (secondary N) is 1. The van der Waals surface area contributed by atoms with Crippen LogP contribution in [0.5, 0.6) is 11.6 Å². The van der Waals surface area contributed by atoms with Crippen molar-refractivity contribution < 1.29 is 23.6 Å². The molecule has 1 aromatic heterocycles. The van der Waals surface area contributed by atoms with Crippen molar-refractivity contribution in [1.82, 2.24) is 20.3 Å². The second-order valence-electron chi connectivity index (χ2n) is 6.68. The van der Waals surface area contributed by atoms with E-state index in [9.17, 15) is 9.59 Å². The zero-order valence-corrected chi connectivity index (χ0v) is 16.0. The van der Waals surface area contributed by atoms with E-state index in [1.54, 1.807) is 17.0 Å². The molecule has 0 radical (unpaired) electrons. The lowest BCUT2D eigenvalue weighted by molar-refractivity contribution is -0.134. The van der Waals surface area contributed by atoms with Crippen molar-refractivity contribution in [3.63, 3.8) is 0 Å². The molecule has 28 heavy (non-hydrogen) atoms. The quantitative estimate of drug-likeness (QED) is 0.763. The van der Waals surface area contributed by atoms with Crippen LogP contribution < -0.4 is 14.8 Å². The molecule has 9 heteroatoms. The summed E-state index contributed by atoms with van der Waals surface area (Å²) in [7, 11) is 3.82. The third kappa shape index (κ3) is 5.23. The zero-order valence-electron chi connectivity index (χ0n) is 16.0. The number of nitrogens with zero attached hydrogens (tertiary/aromatic N) is 3. The minimum atomic E-state index is -0.603. The van der Waals surface area contributed by atoms with E-state index in [4.69, 9.17) is 14.0 Å². The first-order valence-electron chi connectivity index (χ1n) is 9.06. The summed E-state index contributed by atoms with van der Waals surface area (Å²) in [5.41, 5.74) is 0.613. The Kier molecular flexibility index (Phi) is 6.49. The Morgan fingerprint density at radius 3 is 2.82 bits per heavy atom. The molecular formula is C19H24N4O5. The van der Waals surface area contributed by atoms with Gasteiger partial charge in [0.25, 0.3) is 11.8 Å². The Labute approximate surface area is 163 Å². The van der Waals surface area contributed by atoms with Crippen LogP contribution in [0.25, 0.3) is 0 Å². The van der Waals surface area contributed by atoms with Gasteiger partial charge in [-0.25, -0.2) is 4.79 Å². The van der Waals surface area contributed by atoms with Crippen molar-refractivity contribution in [2.45, 2.75) is 13.0 Å². The number of amides is 2. The van der Waals surface area contributed by atoms with E-state index >= 15 is 0 Å². The topological polar surface area (TPSA) is 97.1 Å². The van der Waals surface area contributed by atoms with Gasteiger partial charge < -0.3 is 29.1 Å². The van der Waals surface area contributed by atoms with E-state index in [-0.39, 0.29) is 24.9 Å². The molecule has 2 amide bonds. The Morgan fingerprint density at radius 2 is 2.07 bits per heavy atom. The number of aromatic nitrogens is 1. The highest BCUT2D eigenvalue weighted by atomic mass is 16.6. The summed E-state index contributed by atoms with van der Waals surface area (Å²) >= 11 is 0. The molecular weight excluding hydrogens is 364 g/mol. The number of hydrogen-bond donors (Lipinski definition) is 1. The second-order valence-corrected chi connectivity index (χ2v) is 6.68. The number of carbonyl (C=O) groups is 2. The average molecular weight is 388 g/mol. The van der Waals surface area contributed by atoms with Crippen LogP contribution in [0.1, 0.15) is 11.3 Å². The monoisotopic (exact) mass is 388 g/mol. The van der Waals surface area contributed by atoms with Gasteiger partial charge in [-0.1, -0.05) is 18.2 Å². The first-order valence-corrected chi connectivity index (χ1v) is 9.06. The molecule has 0 saturated heterocycles. The lowest BCUT2D eigenvalue weighted by Crippen LogP contribution is -2.39. The standard InChI is InChI=1S/C19H24N4O5/c1-22(2)11-9-20-19(25)27-18-15-12-23(10-8-16(15)28-21-18)17(24)13-26-14-6-4-3-5-7-14/h3-7H,8-13H2,1-2H3,(H,20,25). The van der Waals surface area contributed by atoms with Crippen LogP contribution in [0.3, 0.4) is 0 Å². The molecule has 9 nitrogen and oxygen atoms in total. The van der Waals surface area contributed by atoms with Crippen molar-refractivity contribution in [3.05, 3.63) is 41.7 Å². The Bertz CT molecular complexity index is 806. The smallest absolute Gasteiger partial charge is 0.414 e. The zero-order chi connectivity index (χ0) is 19.9. The maximum atomic E-state index is 12.5. The summed E-state index contributed by atoms with van der Waals surface area (Å²) < 4.78 is 16.0. The molecule has 3 rings (SSSR count). The first kappa shape index (κ1) is 19.7. The molecule has 0 spiro atoms. The highest BCUT2D eigenvalue weighted by Crippen LogP contribution is 2.27. The van der Waals surface area contributed by atoms with Gasteiger partial charge in [-0.05, 0) is 31.4 Å². The van der Waals surface area contributed by atoms with Crippen molar-refractivity contribution in [1.29, 1.82) is 0 Å². The van der Waals surface area contributed by atoms with Crippen molar-refractivity contribution in [3.8, 4) is 11.6 Å². The van der Waals surface area contributed by atoms with Gasteiger partial charge in [0.15, 0.2) is 6.61 Å². The molecule has 1 aliphatic rings. The van der Waals surface area contributed by atoms with Crippen LogP contribution in [0, 0.1) is 0 Å². The largest absolute Gasteiger partial charge is 0.484 e. The number of rotatable bonds is 7. The fraction of sp³-hybridized carbons (Fsp3) is 0.421. The molecule has 0 bridgehead atoms. The van der Waals surface area contributed by atoms with Gasteiger partial charge >= 0.3 is 6.09 Å². The lowest BCUT2D eigenvalue weighted by Gasteiger charge is -2.25. The number of para-hydroxylation sites is 1. The average Bonchev–Trinajstić information content (AvgIpc) is 3.08. The lowest BCUT2D eigenvalue weighted by atomic mass is 10.1. The molecule has 1 N–H and O–H groups in total. The number of carbonyl (C=O) groups excluding carboxylic acids is 2. The second kappa shape index (κ2) is 9.23. The van der Waals surface area contributed by atoms with Crippen LogP contribution in [0.15, 0.2) is 34.9 Å². The van der Waals surface area contributed by atoms with Gasteiger partial charge in [-0.3, -0.25) is 4.79 Å². The number of likely N-dealkylation sites (N-methyl/N-ethyl adjacent to an activating group) is 1. The van der Waals surface area contributed by atoms with Gasteiger partial charge in [0.05, 0.1) is 12.1 Å². The van der Waals surface area contributed by atoms with Crippen LogP contribution in [0.4, 0.5) is 4.79 Å². The summed E-state index contributed by atoms with van der Waals surface area (Å²) in [4.78, 5) is 28.0. The van der Waals surface area contributed by atoms with Crippen LogP contribution in [-0.2, 0) is 17.8 Å². The molecule has 2 aromatic rings.